The van der Waals surface area contributed by atoms with Gasteiger partial charge in [0, 0.05) is 18.7 Å². The summed E-state index contributed by atoms with van der Waals surface area (Å²) in [7, 11) is 1.57. The number of benzene rings is 2. The van der Waals surface area contributed by atoms with E-state index in [2.05, 4.69) is 12.2 Å². The number of carbonyl (C=O) groups excluding carboxylic acids is 4. The first-order valence-corrected chi connectivity index (χ1v) is 12.8. The number of rotatable bonds is 5. The quantitative estimate of drug-likeness (QED) is 0.272. The van der Waals surface area contributed by atoms with Crippen LogP contribution in [0.1, 0.15) is 12.8 Å². The summed E-state index contributed by atoms with van der Waals surface area (Å²) in [5.41, 5.74) is 1.20. The molecule has 188 valence electrons. The Morgan fingerprint density at radius 2 is 1.38 bits per heavy atom. The molecule has 37 heavy (non-hydrogen) atoms. The van der Waals surface area contributed by atoms with E-state index in [-0.39, 0.29) is 54.4 Å². The molecule has 6 aliphatic rings. The zero-order chi connectivity index (χ0) is 25.4. The lowest BCUT2D eigenvalue weighted by Crippen LogP contribution is -2.40. The second-order valence-corrected chi connectivity index (χ2v) is 10.7. The van der Waals surface area contributed by atoms with Gasteiger partial charge in [-0.1, -0.05) is 12.2 Å². The van der Waals surface area contributed by atoms with Crippen molar-refractivity contribution in [2.45, 2.75) is 12.8 Å². The summed E-state index contributed by atoms with van der Waals surface area (Å²) < 4.78 is 10.7. The fourth-order valence-electron chi connectivity index (χ4n) is 6.95. The van der Waals surface area contributed by atoms with E-state index in [4.69, 9.17) is 9.47 Å². The third kappa shape index (κ3) is 3.35. The number of carbonyl (C=O) groups is 4. The van der Waals surface area contributed by atoms with Crippen molar-refractivity contribution in [3.05, 3.63) is 60.7 Å². The standard InChI is InChI=1S/C29H26N2O6/c1-36-18-6-2-16(3-7-18)30-14-15(12-24(30)32)29(35)37-19-8-4-17(5-9-19)31-27(33)25-20-10-11-21(23-13-22(20)23)26(25)28(31)34/h2-11,15,20-23,25-26H,12-14H2,1H3/t15-,20+,21+,22-,23+,25-,26+/m1/s1. The van der Waals surface area contributed by atoms with Gasteiger partial charge in [-0.3, -0.25) is 24.1 Å². The highest BCUT2D eigenvalue weighted by Gasteiger charge is 2.67. The van der Waals surface area contributed by atoms with Crippen molar-refractivity contribution in [1.82, 2.24) is 0 Å². The van der Waals surface area contributed by atoms with Gasteiger partial charge >= 0.3 is 5.97 Å². The fraction of sp³-hybridized carbons (Fsp3) is 0.379. The lowest BCUT2D eigenvalue weighted by Gasteiger charge is -2.37. The summed E-state index contributed by atoms with van der Waals surface area (Å²) in [6.07, 6.45) is 5.50. The molecule has 0 aromatic heterocycles. The molecule has 4 fully saturated rings. The van der Waals surface area contributed by atoms with Crippen molar-refractivity contribution in [1.29, 1.82) is 0 Å². The normalized spacial score (nSPS) is 33.0. The molecule has 0 N–H and O–H groups in total. The number of hydrogen-bond acceptors (Lipinski definition) is 6. The monoisotopic (exact) mass is 498 g/mol. The number of esters is 1. The van der Waals surface area contributed by atoms with Gasteiger partial charge in [-0.25, -0.2) is 0 Å². The molecule has 2 aromatic carbocycles. The number of amides is 3. The Hall–Kier alpha value is -3.94. The van der Waals surface area contributed by atoms with E-state index in [1.165, 1.54) is 4.90 Å². The predicted molar refractivity (Wildman–Crippen MR) is 133 cm³/mol. The maximum absolute atomic E-state index is 13.3. The van der Waals surface area contributed by atoms with Crippen LogP contribution in [0.5, 0.6) is 11.5 Å². The van der Waals surface area contributed by atoms with Crippen LogP contribution < -0.4 is 19.3 Å². The van der Waals surface area contributed by atoms with Gasteiger partial charge in [0.05, 0.1) is 30.6 Å². The Balaban J connectivity index is 1.02. The van der Waals surface area contributed by atoms with Crippen molar-refractivity contribution >= 4 is 35.1 Å². The lowest BCUT2D eigenvalue weighted by atomic mass is 9.63. The minimum Gasteiger partial charge on any atom is -0.497 e. The maximum Gasteiger partial charge on any atom is 0.316 e. The van der Waals surface area contributed by atoms with E-state index in [9.17, 15) is 19.2 Å². The van der Waals surface area contributed by atoms with Crippen LogP contribution in [-0.2, 0) is 19.2 Å². The smallest absolute Gasteiger partial charge is 0.316 e. The molecule has 2 heterocycles. The van der Waals surface area contributed by atoms with Crippen LogP contribution in [0.15, 0.2) is 60.7 Å². The topological polar surface area (TPSA) is 93.2 Å². The van der Waals surface area contributed by atoms with E-state index in [1.807, 2.05) is 0 Å². The van der Waals surface area contributed by atoms with Crippen LogP contribution in [0.4, 0.5) is 11.4 Å². The molecule has 2 bridgehead atoms. The van der Waals surface area contributed by atoms with Crippen molar-refractivity contribution in [3.63, 3.8) is 0 Å². The van der Waals surface area contributed by atoms with Gasteiger partial charge in [-0.2, -0.15) is 0 Å². The maximum atomic E-state index is 13.3. The molecule has 2 saturated carbocycles. The minimum absolute atomic E-state index is 0.0703. The van der Waals surface area contributed by atoms with Crippen molar-refractivity contribution in [3.8, 4) is 11.5 Å². The van der Waals surface area contributed by atoms with Crippen molar-refractivity contribution in [2.75, 3.05) is 23.5 Å². The molecule has 3 amide bonds. The van der Waals surface area contributed by atoms with Gasteiger partial charge in [-0.05, 0) is 78.6 Å². The van der Waals surface area contributed by atoms with Crippen molar-refractivity contribution < 1.29 is 28.7 Å². The highest BCUT2D eigenvalue weighted by Crippen LogP contribution is 2.65. The number of allylic oxidation sites excluding steroid dienone is 2. The Kier molecular flexibility index (Phi) is 4.83. The summed E-state index contributed by atoms with van der Waals surface area (Å²) in [6, 6.07) is 13.6. The first kappa shape index (κ1) is 22.3. The van der Waals surface area contributed by atoms with E-state index < -0.39 is 11.9 Å². The summed E-state index contributed by atoms with van der Waals surface area (Å²) in [4.78, 5) is 54.9. The number of imide groups is 1. The third-order valence-corrected chi connectivity index (χ3v) is 8.82. The second kappa shape index (κ2) is 8.03. The first-order chi connectivity index (χ1) is 17.9. The number of nitrogens with zero attached hydrogens (tertiary/aromatic N) is 2. The molecule has 7 atom stereocenters. The lowest BCUT2D eigenvalue weighted by molar-refractivity contribution is -0.139. The van der Waals surface area contributed by atoms with Crippen LogP contribution in [0.2, 0.25) is 0 Å². The van der Waals surface area contributed by atoms with Gasteiger partial charge in [0.1, 0.15) is 11.5 Å². The zero-order valence-corrected chi connectivity index (χ0v) is 20.3. The highest BCUT2D eigenvalue weighted by molar-refractivity contribution is 6.22. The molecule has 4 aliphatic carbocycles. The summed E-state index contributed by atoms with van der Waals surface area (Å²) in [5.74, 6) is 0.491. The largest absolute Gasteiger partial charge is 0.497 e. The molecule has 8 heteroatoms. The van der Waals surface area contributed by atoms with Crippen LogP contribution in [0.25, 0.3) is 0 Å². The Bertz CT molecular complexity index is 1310. The molecule has 8 nitrogen and oxygen atoms in total. The van der Waals surface area contributed by atoms with Crippen LogP contribution in [-0.4, -0.2) is 37.3 Å². The molecule has 2 aliphatic heterocycles. The Morgan fingerprint density at radius 3 is 1.97 bits per heavy atom. The molecule has 0 spiro atoms. The van der Waals surface area contributed by atoms with E-state index >= 15 is 0 Å². The molecule has 2 saturated heterocycles. The van der Waals surface area contributed by atoms with Gasteiger partial charge < -0.3 is 14.4 Å². The van der Waals surface area contributed by atoms with Crippen LogP contribution >= 0.6 is 0 Å². The van der Waals surface area contributed by atoms with Gasteiger partial charge in [0.2, 0.25) is 17.7 Å². The molecule has 2 aromatic rings. The van der Waals surface area contributed by atoms with E-state index in [0.29, 0.717) is 34.7 Å². The van der Waals surface area contributed by atoms with E-state index in [0.717, 1.165) is 6.42 Å². The molecular formula is C29H26N2O6. The SMILES string of the molecule is COc1ccc(N2C[C@H](C(=O)Oc3ccc(N4C(=O)[C@@H]5[C@H]6C=C[C@@H]([C@@H]7C[C@H]67)[C@@H]5C4=O)cc3)CC2=O)cc1. The zero-order valence-electron chi connectivity index (χ0n) is 20.3. The van der Waals surface area contributed by atoms with Gasteiger partial charge in [0.15, 0.2) is 0 Å². The van der Waals surface area contributed by atoms with Crippen LogP contribution in [0.3, 0.4) is 0 Å². The summed E-state index contributed by atoms with van der Waals surface area (Å²) >= 11 is 0. The van der Waals surface area contributed by atoms with E-state index in [1.54, 1.807) is 60.5 Å². The molecular weight excluding hydrogens is 472 g/mol. The third-order valence-electron chi connectivity index (χ3n) is 8.82. The number of ether oxygens (including phenoxy) is 2. The predicted octanol–water partition coefficient (Wildman–Crippen LogP) is 3.21. The molecule has 0 unspecified atom stereocenters. The first-order valence-electron chi connectivity index (χ1n) is 12.8. The average Bonchev–Trinajstić information content (AvgIpc) is 3.60. The molecule has 0 radical (unpaired) electrons. The van der Waals surface area contributed by atoms with Crippen molar-refractivity contribution in [2.24, 2.45) is 41.4 Å². The molecule has 8 rings (SSSR count). The Labute approximate surface area is 213 Å². The fourth-order valence-corrected chi connectivity index (χ4v) is 6.95. The number of methoxy groups -OCH3 is 1. The second-order valence-electron chi connectivity index (χ2n) is 10.7. The van der Waals surface area contributed by atoms with Gasteiger partial charge in [0.25, 0.3) is 0 Å². The van der Waals surface area contributed by atoms with Crippen LogP contribution in [0, 0.1) is 41.4 Å². The number of anilines is 2. The average molecular weight is 499 g/mol. The minimum atomic E-state index is -0.589. The number of hydrogen-bond donors (Lipinski definition) is 0. The summed E-state index contributed by atoms with van der Waals surface area (Å²) in [5, 5.41) is 0. The van der Waals surface area contributed by atoms with Gasteiger partial charge in [-0.15, -0.1) is 0 Å². The summed E-state index contributed by atoms with van der Waals surface area (Å²) in [6.45, 7) is 0.236. The highest BCUT2D eigenvalue weighted by atomic mass is 16.5. The Morgan fingerprint density at radius 1 is 0.811 bits per heavy atom.